The lowest BCUT2D eigenvalue weighted by atomic mass is 10.1. The van der Waals surface area contributed by atoms with Crippen molar-refractivity contribution in [3.63, 3.8) is 0 Å². The lowest BCUT2D eigenvalue weighted by Gasteiger charge is -1.99. The molecule has 0 aliphatic heterocycles. The molecule has 0 aromatic carbocycles. The molecule has 4 aliphatic rings. The van der Waals surface area contributed by atoms with Gasteiger partial charge in [-0.1, -0.05) is 26.7 Å². The topological polar surface area (TPSA) is 132 Å². The number of aromatic carboxylic acids is 2. The fraction of sp³-hybridized carbons (Fsp3) is 0.600. The number of carboxylic acid groups (broad SMARTS) is 2. The molecule has 4 aliphatic carbocycles. The molecular formula is C20H24N4O4. The third-order valence-electron chi connectivity index (χ3n) is 7.36. The van der Waals surface area contributed by atoms with Gasteiger partial charge in [0, 0.05) is 34.4 Å². The highest BCUT2D eigenvalue weighted by molar-refractivity contribution is 5.88. The SMILES string of the molecule is CC[C@@H]1[C@H]2Cc3c(C(=O)O)n[nH]c3[C@@H]12.CC[C@H]1[C@H]2Cc3c(C(=O)O)n[nH]c3[C@H]21. The predicted octanol–water partition coefficient (Wildman–Crippen LogP) is 2.81. The van der Waals surface area contributed by atoms with Crippen LogP contribution in [0.1, 0.15) is 82.0 Å². The minimum Gasteiger partial charge on any atom is -0.476 e. The number of fused-ring (bicyclic) bond motifs is 6. The molecule has 148 valence electrons. The standard InChI is InChI=1S/2C10H12N2O2/c2*1-2-4-5-3-6-8(7(4)5)11-12-9(6)10(13)14/h2*4-5,7H,2-3H2,1H3,(H,11,12)(H,13,14)/t4-,5+,7-;4-,5-,7+/m01/s1. The summed E-state index contributed by atoms with van der Waals surface area (Å²) in [7, 11) is 0. The van der Waals surface area contributed by atoms with Crippen LogP contribution in [0.5, 0.6) is 0 Å². The van der Waals surface area contributed by atoms with E-state index in [4.69, 9.17) is 10.2 Å². The van der Waals surface area contributed by atoms with Crippen molar-refractivity contribution in [2.24, 2.45) is 23.7 Å². The number of carboxylic acids is 2. The molecule has 8 heteroatoms. The first-order valence-corrected chi connectivity index (χ1v) is 10.1. The smallest absolute Gasteiger partial charge is 0.356 e. The second kappa shape index (κ2) is 5.93. The van der Waals surface area contributed by atoms with Gasteiger partial charge >= 0.3 is 11.9 Å². The summed E-state index contributed by atoms with van der Waals surface area (Å²) in [5, 5.41) is 31.3. The number of hydrogen-bond acceptors (Lipinski definition) is 4. The van der Waals surface area contributed by atoms with Crippen LogP contribution < -0.4 is 0 Å². The maximum absolute atomic E-state index is 10.8. The van der Waals surface area contributed by atoms with Crippen molar-refractivity contribution in [1.29, 1.82) is 0 Å². The first-order valence-electron chi connectivity index (χ1n) is 10.1. The van der Waals surface area contributed by atoms with Crippen molar-refractivity contribution in [3.8, 4) is 0 Å². The number of aromatic amines is 2. The number of nitrogens with zero attached hydrogens (tertiary/aromatic N) is 2. The van der Waals surface area contributed by atoms with Crippen LogP contribution in [0.2, 0.25) is 0 Å². The molecular weight excluding hydrogens is 360 g/mol. The predicted molar refractivity (Wildman–Crippen MR) is 98.5 cm³/mol. The Morgan fingerprint density at radius 1 is 0.857 bits per heavy atom. The highest BCUT2D eigenvalue weighted by atomic mass is 16.4. The Labute approximate surface area is 161 Å². The molecule has 2 saturated carbocycles. The van der Waals surface area contributed by atoms with Crippen LogP contribution in [0.3, 0.4) is 0 Å². The van der Waals surface area contributed by atoms with Gasteiger partial charge in [-0.3, -0.25) is 10.2 Å². The van der Waals surface area contributed by atoms with Crippen molar-refractivity contribution in [1.82, 2.24) is 20.4 Å². The monoisotopic (exact) mass is 384 g/mol. The van der Waals surface area contributed by atoms with Gasteiger partial charge in [0.25, 0.3) is 0 Å². The molecule has 2 aromatic rings. The Bertz CT molecular complexity index is 899. The minimum atomic E-state index is -0.906. The molecule has 8 nitrogen and oxygen atoms in total. The summed E-state index contributed by atoms with van der Waals surface area (Å²) >= 11 is 0. The van der Waals surface area contributed by atoms with E-state index in [9.17, 15) is 9.59 Å². The summed E-state index contributed by atoms with van der Waals surface area (Å²) in [5.74, 6) is 2.28. The largest absolute Gasteiger partial charge is 0.476 e. The van der Waals surface area contributed by atoms with Crippen molar-refractivity contribution < 1.29 is 19.8 Å². The fourth-order valence-corrected chi connectivity index (χ4v) is 5.96. The van der Waals surface area contributed by atoms with Gasteiger partial charge in [0.2, 0.25) is 0 Å². The van der Waals surface area contributed by atoms with Crippen LogP contribution in [-0.2, 0) is 12.8 Å². The van der Waals surface area contributed by atoms with E-state index in [2.05, 4.69) is 34.2 Å². The quantitative estimate of drug-likeness (QED) is 0.641. The lowest BCUT2D eigenvalue weighted by molar-refractivity contribution is 0.0678. The Morgan fingerprint density at radius 3 is 1.57 bits per heavy atom. The number of rotatable bonds is 4. The van der Waals surface area contributed by atoms with Gasteiger partial charge in [-0.15, -0.1) is 0 Å². The fourth-order valence-electron chi connectivity index (χ4n) is 5.96. The van der Waals surface area contributed by atoms with E-state index in [1.54, 1.807) is 0 Å². The Morgan fingerprint density at radius 2 is 1.25 bits per heavy atom. The Balaban J connectivity index is 0.000000122. The lowest BCUT2D eigenvalue weighted by Crippen LogP contribution is -2.02. The molecule has 0 amide bonds. The molecule has 0 spiro atoms. The van der Waals surface area contributed by atoms with E-state index in [1.165, 1.54) is 12.8 Å². The number of nitrogens with one attached hydrogen (secondary N) is 2. The highest BCUT2D eigenvalue weighted by Crippen LogP contribution is 2.63. The van der Waals surface area contributed by atoms with Gasteiger partial charge in [0.05, 0.1) is 0 Å². The van der Waals surface area contributed by atoms with Gasteiger partial charge in [-0.05, 0) is 36.5 Å². The third kappa shape index (κ3) is 2.29. The molecule has 0 radical (unpaired) electrons. The molecule has 6 rings (SSSR count). The Hall–Kier alpha value is -2.64. The van der Waals surface area contributed by atoms with Crippen LogP contribution in [0.15, 0.2) is 0 Å². The molecule has 2 aromatic heterocycles. The van der Waals surface area contributed by atoms with Crippen LogP contribution in [0, 0.1) is 23.7 Å². The van der Waals surface area contributed by atoms with Gasteiger partial charge in [0.1, 0.15) is 0 Å². The van der Waals surface area contributed by atoms with Crippen LogP contribution >= 0.6 is 0 Å². The van der Waals surface area contributed by atoms with E-state index in [0.717, 1.165) is 47.2 Å². The third-order valence-corrected chi connectivity index (χ3v) is 7.36. The van der Waals surface area contributed by atoms with Crippen molar-refractivity contribution in [3.05, 3.63) is 33.9 Å². The normalized spacial score (nSPS) is 32.5. The molecule has 2 heterocycles. The number of aromatic nitrogens is 4. The summed E-state index contributed by atoms with van der Waals surface area (Å²) < 4.78 is 0. The number of H-pyrrole nitrogens is 2. The van der Waals surface area contributed by atoms with Gasteiger partial charge in [-0.25, -0.2) is 9.59 Å². The second-order valence-electron chi connectivity index (χ2n) is 8.47. The van der Waals surface area contributed by atoms with E-state index in [1.807, 2.05) is 0 Å². The van der Waals surface area contributed by atoms with E-state index >= 15 is 0 Å². The highest BCUT2D eigenvalue weighted by Gasteiger charge is 2.57. The molecule has 0 bridgehead atoms. The molecule has 28 heavy (non-hydrogen) atoms. The van der Waals surface area contributed by atoms with E-state index in [-0.39, 0.29) is 11.4 Å². The first-order chi connectivity index (χ1) is 13.5. The van der Waals surface area contributed by atoms with Gasteiger partial charge in [-0.2, -0.15) is 10.2 Å². The van der Waals surface area contributed by atoms with Crippen LogP contribution in [0.25, 0.3) is 0 Å². The summed E-state index contributed by atoms with van der Waals surface area (Å²) in [6, 6.07) is 0. The van der Waals surface area contributed by atoms with Crippen molar-refractivity contribution in [2.45, 2.75) is 51.4 Å². The number of hydrogen-bond donors (Lipinski definition) is 4. The maximum Gasteiger partial charge on any atom is 0.356 e. The van der Waals surface area contributed by atoms with Gasteiger partial charge in [0.15, 0.2) is 11.4 Å². The molecule has 2 fully saturated rings. The zero-order valence-corrected chi connectivity index (χ0v) is 15.9. The molecule has 0 saturated heterocycles. The average molecular weight is 384 g/mol. The van der Waals surface area contributed by atoms with Crippen molar-refractivity contribution in [2.75, 3.05) is 0 Å². The second-order valence-corrected chi connectivity index (χ2v) is 8.47. The summed E-state index contributed by atoms with van der Waals surface area (Å²) in [6.45, 7) is 4.38. The zero-order valence-electron chi connectivity index (χ0n) is 15.9. The molecule has 6 atom stereocenters. The molecule has 0 unspecified atom stereocenters. The maximum atomic E-state index is 10.8. The van der Waals surface area contributed by atoms with Crippen molar-refractivity contribution >= 4 is 11.9 Å². The summed E-state index contributed by atoms with van der Waals surface area (Å²) in [6.07, 6.45) is 4.21. The Kier molecular flexibility index (Phi) is 3.70. The van der Waals surface area contributed by atoms with Crippen LogP contribution in [0.4, 0.5) is 0 Å². The first kappa shape index (κ1) is 17.5. The number of carbonyl (C=O) groups is 2. The minimum absolute atomic E-state index is 0.238. The summed E-state index contributed by atoms with van der Waals surface area (Å²) in [4.78, 5) is 21.6. The summed E-state index contributed by atoms with van der Waals surface area (Å²) in [5.41, 5.74) is 4.58. The average Bonchev–Trinajstić information content (AvgIpc) is 3.14. The zero-order chi connectivity index (χ0) is 19.7. The molecule has 4 N–H and O–H groups in total. The van der Waals surface area contributed by atoms with E-state index in [0.29, 0.717) is 23.7 Å². The van der Waals surface area contributed by atoms with Crippen LogP contribution in [-0.4, -0.2) is 42.5 Å². The van der Waals surface area contributed by atoms with E-state index < -0.39 is 11.9 Å². The van der Waals surface area contributed by atoms with Gasteiger partial charge < -0.3 is 10.2 Å².